The third-order valence-electron chi connectivity index (χ3n) is 3.35. The van der Waals surface area contributed by atoms with E-state index in [1.807, 2.05) is 0 Å². The number of aliphatic carboxylic acids is 1. The van der Waals surface area contributed by atoms with E-state index >= 15 is 0 Å². The van der Waals surface area contributed by atoms with Crippen LogP contribution in [0.25, 0.3) is 0 Å². The molecule has 0 aliphatic carbocycles. The molecule has 0 heterocycles. The monoisotopic (exact) mass is 350 g/mol. The zero-order chi connectivity index (χ0) is 18.5. The van der Waals surface area contributed by atoms with Crippen LogP contribution in [0.4, 0.5) is 17.6 Å². The van der Waals surface area contributed by atoms with Crippen LogP contribution in [-0.2, 0) is 22.3 Å². The summed E-state index contributed by atoms with van der Waals surface area (Å²) in [6, 6.07) is 1.07. The van der Waals surface area contributed by atoms with Crippen molar-refractivity contribution < 1.29 is 32.3 Å². The van der Waals surface area contributed by atoms with E-state index in [2.05, 4.69) is 5.32 Å². The van der Waals surface area contributed by atoms with Crippen molar-refractivity contribution in [1.82, 2.24) is 10.2 Å². The Morgan fingerprint density at radius 2 is 1.92 bits per heavy atom. The highest BCUT2D eigenvalue weighted by Crippen LogP contribution is 2.30. The van der Waals surface area contributed by atoms with Crippen molar-refractivity contribution in [3.63, 3.8) is 0 Å². The lowest BCUT2D eigenvalue weighted by Gasteiger charge is -2.26. The summed E-state index contributed by atoms with van der Waals surface area (Å²) in [4.78, 5) is 23.3. The SMILES string of the molecule is CC(=O)NCCN(Cc1cc(F)cc(C(F)(F)F)c1)C(C)C(=O)O. The molecule has 24 heavy (non-hydrogen) atoms. The molecule has 1 aromatic rings. The molecule has 0 radical (unpaired) electrons. The molecule has 0 saturated carbocycles. The first-order valence-electron chi connectivity index (χ1n) is 7.08. The van der Waals surface area contributed by atoms with Gasteiger partial charge in [-0.05, 0) is 30.7 Å². The molecule has 2 N–H and O–H groups in total. The fourth-order valence-corrected chi connectivity index (χ4v) is 2.08. The lowest BCUT2D eigenvalue weighted by atomic mass is 10.1. The number of hydrogen-bond acceptors (Lipinski definition) is 3. The zero-order valence-electron chi connectivity index (χ0n) is 13.2. The van der Waals surface area contributed by atoms with Crippen molar-refractivity contribution in [2.24, 2.45) is 0 Å². The van der Waals surface area contributed by atoms with E-state index < -0.39 is 29.6 Å². The van der Waals surface area contributed by atoms with Crippen molar-refractivity contribution in [2.75, 3.05) is 13.1 Å². The molecule has 0 spiro atoms. The van der Waals surface area contributed by atoms with Crippen molar-refractivity contribution in [1.29, 1.82) is 0 Å². The summed E-state index contributed by atoms with van der Waals surface area (Å²) in [5.41, 5.74) is -1.14. The molecule has 1 rings (SSSR count). The zero-order valence-corrected chi connectivity index (χ0v) is 13.2. The van der Waals surface area contributed by atoms with Gasteiger partial charge in [-0.1, -0.05) is 0 Å². The van der Waals surface area contributed by atoms with Crippen LogP contribution in [0.1, 0.15) is 25.0 Å². The van der Waals surface area contributed by atoms with E-state index in [1.54, 1.807) is 0 Å². The molecular formula is C15H18F4N2O3. The summed E-state index contributed by atoms with van der Waals surface area (Å²) in [6.45, 7) is 2.65. The first-order valence-corrected chi connectivity index (χ1v) is 7.08. The first kappa shape index (κ1) is 19.9. The number of amides is 1. The Balaban J connectivity index is 2.98. The summed E-state index contributed by atoms with van der Waals surface area (Å²) in [7, 11) is 0. The summed E-state index contributed by atoms with van der Waals surface area (Å²) < 4.78 is 51.7. The minimum absolute atomic E-state index is 0.00162. The Kier molecular flexibility index (Phi) is 6.70. The molecule has 1 atom stereocenters. The molecule has 0 aliphatic rings. The smallest absolute Gasteiger partial charge is 0.416 e. The second-order valence-corrected chi connectivity index (χ2v) is 5.31. The second kappa shape index (κ2) is 8.09. The van der Waals surface area contributed by atoms with Gasteiger partial charge in [0.15, 0.2) is 0 Å². The normalized spacial score (nSPS) is 13.0. The average molecular weight is 350 g/mol. The average Bonchev–Trinajstić information content (AvgIpc) is 2.43. The van der Waals surface area contributed by atoms with Crippen LogP contribution in [0.15, 0.2) is 18.2 Å². The summed E-state index contributed by atoms with van der Waals surface area (Å²) in [6.07, 6.45) is -4.70. The number of carbonyl (C=O) groups excluding carboxylic acids is 1. The largest absolute Gasteiger partial charge is 0.480 e. The van der Waals surface area contributed by atoms with E-state index in [0.717, 1.165) is 12.1 Å². The number of nitrogens with zero attached hydrogens (tertiary/aromatic N) is 1. The van der Waals surface area contributed by atoms with E-state index in [1.165, 1.54) is 18.7 Å². The number of rotatable bonds is 7. The van der Waals surface area contributed by atoms with Crippen molar-refractivity contribution >= 4 is 11.9 Å². The number of benzene rings is 1. The van der Waals surface area contributed by atoms with Crippen LogP contribution in [0.3, 0.4) is 0 Å². The number of alkyl halides is 3. The van der Waals surface area contributed by atoms with Crippen LogP contribution >= 0.6 is 0 Å². The Hall–Kier alpha value is -2.16. The van der Waals surface area contributed by atoms with Gasteiger partial charge in [0.25, 0.3) is 0 Å². The molecule has 1 aromatic carbocycles. The lowest BCUT2D eigenvalue weighted by molar-refractivity contribution is -0.143. The van der Waals surface area contributed by atoms with E-state index in [4.69, 9.17) is 5.11 Å². The van der Waals surface area contributed by atoms with Crippen LogP contribution < -0.4 is 5.32 Å². The van der Waals surface area contributed by atoms with Crippen molar-refractivity contribution in [3.05, 3.63) is 35.1 Å². The molecule has 0 aromatic heterocycles. The Morgan fingerprint density at radius 3 is 2.42 bits per heavy atom. The third kappa shape index (κ3) is 6.15. The molecule has 1 unspecified atom stereocenters. The van der Waals surface area contributed by atoms with E-state index in [9.17, 15) is 27.2 Å². The summed E-state index contributed by atoms with van der Waals surface area (Å²) in [5, 5.41) is 11.6. The Labute approximate surface area is 136 Å². The predicted molar refractivity (Wildman–Crippen MR) is 77.6 cm³/mol. The number of carbonyl (C=O) groups is 2. The minimum atomic E-state index is -4.70. The first-order chi connectivity index (χ1) is 11.0. The molecule has 5 nitrogen and oxygen atoms in total. The topological polar surface area (TPSA) is 69.6 Å². The predicted octanol–water partition coefficient (Wildman–Crippen LogP) is 2.26. The minimum Gasteiger partial charge on any atom is -0.480 e. The molecule has 0 fully saturated rings. The lowest BCUT2D eigenvalue weighted by Crippen LogP contribution is -2.42. The number of hydrogen-bond donors (Lipinski definition) is 2. The summed E-state index contributed by atoms with van der Waals surface area (Å²) >= 11 is 0. The van der Waals surface area contributed by atoms with Gasteiger partial charge in [0.2, 0.25) is 5.91 Å². The van der Waals surface area contributed by atoms with Gasteiger partial charge in [-0.3, -0.25) is 14.5 Å². The van der Waals surface area contributed by atoms with Crippen molar-refractivity contribution in [3.8, 4) is 0 Å². The van der Waals surface area contributed by atoms with Crippen LogP contribution in [0.5, 0.6) is 0 Å². The molecule has 1 amide bonds. The molecule has 0 saturated heterocycles. The van der Waals surface area contributed by atoms with Gasteiger partial charge in [-0.15, -0.1) is 0 Å². The fraction of sp³-hybridized carbons (Fsp3) is 0.467. The molecule has 134 valence electrons. The maximum absolute atomic E-state index is 13.4. The Morgan fingerprint density at radius 1 is 1.29 bits per heavy atom. The molecular weight excluding hydrogens is 332 g/mol. The van der Waals surface area contributed by atoms with Gasteiger partial charge in [0, 0.05) is 26.6 Å². The number of nitrogens with one attached hydrogen (secondary N) is 1. The highest BCUT2D eigenvalue weighted by Gasteiger charge is 2.31. The fourth-order valence-electron chi connectivity index (χ4n) is 2.08. The van der Waals surface area contributed by atoms with E-state index in [-0.39, 0.29) is 31.1 Å². The number of carboxylic acid groups (broad SMARTS) is 1. The second-order valence-electron chi connectivity index (χ2n) is 5.31. The Bertz CT molecular complexity index is 605. The molecule has 9 heteroatoms. The van der Waals surface area contributed by atoms with Gasteiger partial charge in [-0.2, -0.15) is 13.2 Å². The van der Waals surface area contributed by atoms with Gasteiger partial charge >= 0.3 is 12.1 Å². The maximum atomic E-state index is 13.4. The van der Waals surface area contributed by atoms with Crippen LogP contribution in [-0.4, -0.2) is 41.0 Å². The molecule has 0 bridgehead atoms. The quantitative estimate of drug-likeness (QED) is 0.740. The van der Waals surface area contributed by atoms with Crippen LogP contribution in [0, 0.1) is 5.82 Å². The highest BCUT2D eigenvalue weighted by molar-refractivity contribution is 5.73. The van der Waals surface area contributed by atoms with Gasteiger partial charge in [-0.25, -0.2) is 4.39 Å². The summed E-state index contributed by atoms with van der Waals surface area (Å²) in [5.74, 6) is -2.54. The number of carboxylic acids is 1. The third-order valence-corrected chi connectivity index (χ3v) is 3.35. The van der Waals surface area contributed by atoms with Gasteiger partial charge in [0.1, 0.15) is 11.9 Å². The standard InChI is InChI=1S/C15H18F4N2O3/c1-9(14(23)24)21(4-3-20-10(2)22)8-11-5-12(15(17,18)19)7-13(16)6-11/h5-7,9H,3-4,8H2,1-2H3,(H,20,22)(H,23,24). The van der Waals surface area contributed by atoms with Gasteiger partial charge in [0.05, 0.1) is 5.56 Å². The number of halogens is 4. The highest BCUT2D eigenvalue weighted by atomic mass is 19.4. The molecule has 0 aliphatic heterocycles. The van der Waals surface area contributed by atoms with Crippen LogP contribution in [0.2, 0.25) is 0 Å². The van der Waals surface area contributed by atoms with E-state index in [0.29, 0.717) is 6.07 Å². The van der Waals surface area contributed by atoms with Crippen molar-refractivity contribution in [2.45, 2.75) is 32.6 Å². The van der Waals surface area contributed by atoms with Gasteiger partial charge < -0.3 is 10.4 Å². The maximum Gasteiger partial charge on any atom is 0.416 e.